The van der Waals surface area contributed by atoms with Crippen molar-refractivity contribution in [3.63, 3.8) is 0 Å². The number of amides is 1. The first-order valence-electron chi connectivity index (χ1n) is 4.14. The molecule has 6 heteroatoms. The molecule has 1 fully saturated rings. The summed E-state index contributed by atoms with van der Waals surface area (Å²) in [5.74, 6) is 0.482. The molecule has 1 aliphatic heterocycles. The van der Waals surface area contributed by atoms with Crippen molar-refractivity contribution in [1.29, 1.82) is 0 Å². The maximum absolute atomic E-state index is 10.8. The zero-order valence-corrected chi connectivity index (χ0v) is 14.9. The second-order valence-electron chi connectivity index (χ2n) is 2.95. The minimum atomic E-state index is 0. The van der Waals surface area contributed by atoms with Crippen LogP contribution in [0.1, 0.15) is 25.7 Å². The molecule has 1 unspecified atom stereocenters. The van der Waals surface area contributed by atoms with Crippen LogP contribution >= 0.6 is 0 Å². The van der Waals surface area contributed by atoms with Crippen molar-refractivity contribution in [3.8, 4) is 0 Å². The Balaban J connectivity index is -0.000000258. The van der Waals surface area contributed by atoms with Gasteiger partial charge in [-0.1, -0.05) is 25.2 Å². The molecule has 2 rings (SSSR count). The van der Waals surface area contributed by atoms with Gasteiger partial charge in [0.1, 0.15) is 0 Å². The van der Waals surface area contributed by atoms with Gasteiger partial charge in [-0.3, -0.25) is 0 Å². The van der Waals surface area contributed by atoms with Crippen LogP contribution < -0.4 is 0 Å². The summed E-state index contributed by atoms with van der Waals surface area (Å²) < 4.78 is 0. The van der Waals surface area contributed by atoms with Crippen molar-refractivity contribution < 1.29 is 68.5 Å². The number of allylic oxidation sites excluding steroid dienone is 2. The quantitative estimate of drug-likeness (QED) is 0.553. The van der Waals surface area contributed by atoms with E-state index in [1.54, 1.807) is 0 Å². The van der Waals surface area contributed by atoms with Crippen LogP contribution in [-0.2, 0) is 63.4 Å². The number of carbonyl (C=O) groups excluding carboxylic acids is 1. The molecule has 0 aromatic carbocycles. The van der Waals surface area contributed by atoms with Gasteiger partial charge in [-0.2, -0.15) is 6.42 Å². The Labute approximate surface area is 136 Å². The molecule has 1 saturated heterocycles. The largest absolute Gasteiger partial charge is 2.00 e. The normalized spacial score (nSPS) is 20.1. The van der Waals surface area contributed by atoms with Crippen LogP contribution in [0.5, 0.6) is 0 Å². The summed E-state index contributed by atoms with van der Waals surface area (Å²) >= 11 is 0. The molecule has 0 spiro atoms. The number of nitrogens with zero attached hydrogens (tertiary/aromatic N) is 1. The monoisotopic (exact) mass is 468 g/mol. The summed E-state index contributed by atoms with van der Waals surface area (Å²) in [6.07, 6.45) is 7.08. The van der Waals surface area contributed by atoms with E-state index in [4.69, 9.17) is 9.90 Å². The van der Waals surface area contributed by atoms with Gasteiger partial charge in [0.2, 0.25) is 0 Å². The molecule has 1 radical (unpaired) electrons. The Hall–Kier alpha value is 0.472. The molecule has 2 aliphatic rings. The third-order valence-electron chi connectivity index (χ3n) is 2.09. The van der Waals surface area contributed by atoms with Crippen molar-refractivity contribution in [1.82, 2.24) is 0 Å². The van der Waals surface area contributed by atoms with Crippen LogP contribution in [0, 0.1) is 19.4 Å². The fourth-order valence-corrected chi connectivity index (χ4v) is 1.57. The predicted octanol–water partition coefficient (Wildman–Crippen LogP) is 1.83. The Morgan fingerprint density at radius 1 is 1.50 bits per heavy atom. The average Bonchev–Trinajstić information content (AvgIpc) is 2.45. The fraction of sp³-hybridized carbons (Fsp3) is 0.500. The van der Waals surface area contributed by atoms with Crippen LogP contribution in [0.3, 0.4) is 0 Å². The first-order valence-corrected chi connectivity index (χ1v) is 4.14. The number of carbonyl (C=O) groups is 1. The van der Waals surface area contributed by atoms with Crippen molar-refractivity contribution >= 4 is 12.4 Å². The Bertz CT molecular complexity index is 246. The van der Waals surface area contributed by atoms with E-state index in [2.05, 4.69) is 11.4 Å². The van der Waals surface area contributed by atoms with Crippen molar-refractivity contribution in [2.24, 2.45) is 5.92 Å². The molecule has 1 aliphatic carbocycles. The van der Waals surface area contributed by atoms with Gasteiger partial charge in [0.25, 0.3) is 0 Å². The Kier molecular flexibility index (Phi) is 16.2. The van der Waals surface area contributed by atoms with Gasteiger partial charge >= 0.3 is 21.1 Å². The van der Waals surface area contributed by atoms with Gasteiger partial charge < -0.3 is 39.2 Å². The third kappa shape index (κ3) is 6.93. The second kappa shape index (κ2) is 11.9. The molecule has 0 aromatic rings. The van der Waals surface area contributed by atoms with E-state index in [1.807, 2.05) is 0 Å². The zero-order valence-electron chi connectivity index (χ0n) is 9.10. The van der Waals surface area contributed by atoms with Crippen LogP contribution in [0.25, 0.3) is 5.32 Å². The van der Waals surface area contributed by atoms with E-state index in [9.17, 15) is 4.79 Å². The van der Waals surface area contributed by atoms with E-state index in [0.29, 0.717) is 18.8 Å². The second-order valence-corrected chi connectivity index (χ2v) is 2.95. The molecule has 1 N–H and O–H groups in total. The minimum absolute atomic E-state index is 0. The predicted molar refractivity (Wildman–Crippen MR) is 51.8 cm³/mol. The van der Waals surface area contributed by atoms with Crippen LogP contribution in [0.2, 0.25) is 0 Å². The third-order valence-corrected chi connectivity index (χ3v) is 2.09. The standard InChI is InChI=1S/C8H10NO.CHO2.CH3.W.Y/c10-8-5-6-3-1-2-4-7(6)9-8;2-1-3;;;/h6H,1-3,5H2,(H,9,10);(H,2,3);1H3;;/q3*-1;+2;/p-1. The summed E-state index contributed by atoms with van der Waals surface area (Å²) in [5, 5.41) is 10.6. The SMILES string of the molecule is O=C1CC2CCC[C-]=C2[N-]1.O=[C-]O.[CH3-].[W+2].[Y]. The van der Waals surface area contributed by atoms with E-state index < -0.39 is 0 Å². The van der Waals surface area contributed by atoms with Crippen LogP contribution in [-0.4, -0.2) is 17.5 Å². The fourth-order valence-electron chi connectivity index (χ4n) is 1.57. The first-order chi connectivity index (χ1) is 6.27. The number of hydrogen-bond donors (Lipinski definition) is 1. The van der Waals surface area contributed by atoms with Crippen molar-refractivity contribution in [2.45, 2.75) is 25.7 Å². The van der Waals surface area contributed by atoms with E-state index in [0.717, 1.165) is 18.5 Å². The summed E-state index contributed by atoms with van der Waals surface area (Å²) in [5.41, 5.74) is 0.941. The van der Waals surface area contributed by atoms with Gasteiger partial charge in [-0.25, -0.2) is 0 Å². The maximum atomic E-state index is 10.8. The van der Waals surface area contributed by atoms with Gasteiger partial charge in [-0.05, 0) is 6.42 Å². The summed E-state index contributed by atoms with van der Waals surface area (Å²) in [6, 6.07) is 0. The molecule has 4 nitrogen and oxygen atoms in total. The van der Waals surface area contributed by atoms with Gasteiger partial charge in [0.15, 0.2) is 0 Å². The minimum Gasteiger partial charge on any atom is -0.665 e. The molecule has 1 heterocycles. The topological polar surface area (TPSA) is 68.5 Å². The molecular formula is C10H13NO3WY-2. The van der Waals surface area contributed by atoms with Crippen LogP contribution in [0.15, 0.2) is 5.70 Å². The number of aliphatic hydroxyl groups excluding tert-OH is 1. The molecule has 0 aromatic heterocycles. The molecule has 1 atom stereocenters. The van der Waals surface area contributed by atoms with Gasteiger partial charge in [-0.15, -0.1) is 0 Å². The Morgan fingerprint density at radius 3 is 2.56 bits per heavy atom. The first kappa shape index (κ1) is 21.7. The smallest absolute Gasteiger partial charge is 0.665 e. The van der Waals surface area contributed by atoms with E-state index in [-0.39, 0.29) is 67.1 Å². The number of hydrogen-bond acceptors (Lipinski definition) is 2. The molecule has 0 saturated carbocycles. The molecular weight excluding hydrogens is 455 g/mol. The summed E-state index contributed by atoms with van der Waals surface area (Å²) in [7, 11) is 0. The molecule has 1 amide bonds. The summed E-state index contributed by atoms with van der Waals surface area (Å²) in [6.45, 7) is 0.500. The summed E-state index contributed by atoms with van der Waals surface area (Å²) in [4.78, 5) is 19.0. The van der Waals surface area contributed by atoms with Crippen LogP contribution in [0.4, 0.5) is 0 Å². The molecule has 0 bridgehead atoms. The average molecular weight is 468 g/mol. The molecule has 87 valence electrons. The zero-order chi connectivity index (χ0) is 9.68. The Morgan fingerprint density at radius 2 is 2.06 bits per heavy atom. The molecule has 16 heavy (non-hydrogen) atoms. The maximum Gasteiger partial charge on any atom is 2.00 e. The van der Waals surface area contributed by atoms with Crippen molar-refractivity contribution in [2.75, 3.05) is 0 Å². The number of fused-ring (bicyclic) bond motifs is 1. The van der Waals surface area contributed by atoms with Gasteiger partial charge in [0.05, 0.1) is 5.91 Å². The number of rotatable bonds is 0. The van der Waals surface area contributed by atoms with Crippen molar-refractivity contribution in [3.05, 3.63) is 24.5 Å². The van der Waals surface area contributed by atoms with Gasteiger partial charge in [0, 0.05) is 32.7 Å². The van der Waals surface area contributed by atoms with E-state index in [1.165, 1.54) is 6.42 Å². The van der Waals surface area contributed by atoms with E-state index >= 15 is 0 Å².